The van der Waals surface area contributed by atoms with Crippen molar-refractivity contribution < 1.29 is 14.3 Å². The van der Waals surface area contributed by atoms with Gasteiger partial charge in [0.1, 0.15) is 11.5 Å². The van der Waals surface area contributed by atoms with Crippen LogP contribution < -0.4 is 9.64 Å². The molecule has 3 aromatic rings. The molecule has 0 aliphatic carbocycles. The largest absolute Gasteiger partial charge is 0.465 e. The molecule has 0 spiro atoms. The van der Waals surface area contributed by atoms with Gasteiger partial charge in [-0.05, 0) is 24.3 Å². The van der Waals surface area contributed by atoms with Gasteiger partial charge in [-0.2, -0.15) is 0 Å². The molecule has 2 aliphatic heterocycles. The second kappa shape index (κ2) is 5.77. The van der Waals surface area contributed by atoms with Crippen molar-refractivity contribution in [2.45, 2.75) is 6.23 Å². The van der Waals surface area contributed by atoms with Crippen molar-refractivity contribution in [1.29, 1.82) is 0 Å². The van der Waals surface area contributed by atoms with Gasteiger partial charge in [0.2, 0.25) is 6.23 Å². The zero-order chi connectivity index (χ0) is 17.5. The van der Waals surface area contributed by atoms with Crippen molar-refractivity contribution in [2.75, 3.05) is 4.90 Å². The number of hydrogen-bond acceptors (Lipinski definition) is 3. The molecule has 1 amide bonds. The number of para-hydroxylation sites is 3. The quantitative estimate of drug-likeness (QED) is 0.632. The molecule has 0 saturated heterocycles. The lowest BCUT2D eigenvalue weighted by Crippen LogP contribution is -2.37. The highest BCUT2D eigenvalue weighted by Crippen LogP contribution is 2.47. The Balaban J connectivity index is 1.70. The molecule has 0 radical (unpaired) electrons. The van der Waals surface area contributed by atoms with Crippen LogP contribution in [0, 0.1) is 0 Å². The number of carbonyl (C=O) groups is 1. The summed E-state index contributed by atoms with van der Waals surface area (Å²) in [6, 6.07) is 24.8. The van der Waals surface area contributed by atoms with Gasteiger partial charge in [0.05, 0.1) is 11.3 Å². The number of fused-ring (bicyclic) bond motifs is 5. The van der Waals surface area contributed by atoms with E-state index in [2.05, 4.69) is 0 Å². The molecule has 0 fully saturated rings. The van der Waals surface area contributed by atoms with E-state index < -0.39 is 6.23 Å². The number of ether oxygens (including phenoxy) is 2. The number of anilines is 1. The summed E-state index contributed by atoms with van der Waals surface area (Å²) in [5.41, 5.74) is 2.39. The van der Waals surface area contributed by atoms with Gasteiger partial charge in [-0.25, -0.2) is 0 Å². The maximum absolute atomic E-state index is 13.1. The first-order chi connectivity index (χ1) is 12.8. The molecule has 4 heteroatoms. The lowest BCUT2D eigenvalue weighted by molar-refractivity contribution is -0.117. The number of nitrogens with zero attached hydrogens (tertiary/aromatic N) is 1. The number of rotatable bonds is 1. The van der Waals surface area contributed by atoms with Gasteiger partial charge in [-0.15, -0.1) is 0 Å². The Bertz CT molecular complexity index is 1030. The lowest BCUT2D eigenvalue weighted by Gasteiger charge is -2.34. The molecule has 2 aliphatic rings. The molecule has 126 valence electrons. The average molecular weight is 341 g/mol. The minimum Gasteiger partial charge on any atom is -0.465 e. The van der Waals surface area contributed by atoms with E-state index in [0.29, 0.717) is 22.9 Å². The van der Waals surface area contributed by atoms with E-state index in [1.54, 1.807) is 4.90 Å². The molecule has 2 heterocycles. The third kappa shape index (κ3) is 2.27. The van der Waals surface area contributed by atoms with E-state index in [-0.39, 0.29) is 5.91 Å². The fourth-order valence-electron chi connectivity index (χ4n) is 3.34. The summed E-state index contributed by atoms with van der Waals surface area (Å²) in [5, 5.41) is 0. The summed E-state index contributed by atoms with van der Waals surface area (Å²) in [6.07, 6.45) is 0.957. The summed E-state index contributed by atoms with van der Waals surface area (Å²) in [7, 11) is 0. The van der Waals surface area contributed by atoms with Gasteiger partial charge in [-0.3, -0.25) is 9.69 Å². The molecule has 5 rings (SSSR count). The first-order valence-electron chi connectivity index (χ1n) is 8.44. The van der Waals surface area contributed by atoms with Crippen LogP contribution >= 0.6 is 0 Å². The molecular weight excluding hydrogens is 326 g/mol. The molecule has 1 atom stereocenters. The van der Waals surface area contributed by atoms with E-state index in [4.69, 9.17) is 9.47 Å². The zero-order valence-electron chi connectivity index (χ0n) is 13.8. The summed E-state index contributed by atoms with van der Waals surface area (Å²) in [4.78, 5) is 14.7. The highest BCUT2D eigenvalue weighted by molar-refractivity contribution is 6.07. The van der Waals surface area contributed by atoms with E-state index in [1.807, 2.05) is 78.9 Å². The smallest absolute Gasteiger partial charge is 0.258 e. The topological polar surface area (TPSA) is 38.8 Å². The third-order valence-corrected chi connectivity index (χ3v) is 4.55. The zero-order valence-corrected chi connectivity index (χ0v) is 13.8. The average Bonchev–Trinajstić information content (AvgIpc) is 2.83. The van der Waals surface area contributed by atoms with Crippen molar-refractivity contribution in [1.82, 2.24) is 0 Å². The van der Waals surface area contributed by atoms with Crippen LogP contribution in [0.3, 0.4) is 0 Å². The van der Waals surface area contributed by atoms with Gasteiger partial charge >= 0.3 is 0 Å². The number of amides is 1. The van der Waals surface area contributed by atoms with Gasteiger partial charge in [0.25, 0.3) is 5.91 Å². The Morgan fingerprint density at radius 2 is 1.46 bits per heavy atom. The van der Waals surface area contributed by atoms with Crippen LogP contribution in [0.2, 0.25) is 0 Å². The van der Waals surface area contributed by atoms with Crippen molar-refractivity contribution in [3.8, 4) is 11.5 Å². The second-order valence-electron chi connectivity index (χ2n) is 6.16. The molecule has 3 aromatic carbocycles. The Hall–Kier alpha value is -3.53. The molecular formula is C22H15NO3. The monoisotopic (exact) mass is 341 g/mol. The van der Waals surface area contributed by atoms with Gasteiger partial charge < -0.3 is 9.47 Å². The minimum atomic E-state index is -0.581. The molecule has 4 nitrogen and oxygen atoms in total. The maximum atomic E-state index is 13.1. The highest BCUT2D eigenvalue weighted by Gasteiger charge is 2.38. The van der Waals surface area contributed by atoms with Crippen molar-refractivity contribution in [3.63, 3.8) is 0 Å². The predicted molar refractivity (Wildman–Crippen MR) is 98.7 cm³/mol. The first-order valence-corrected chi connectivity index (χ1v) is 8.44. The third-order valence-electron chi connectivity index (χ3n) is 4.55. The van der Waals surface area contributed by atoms with Crippen LogP contribution in [-0.4, -0.2) is 5.91 Å². The first kappa shape index (κ1) is 14.8. The van der Waals surface area contributed by atoms with E-state index in [1.165, 1.54) is 6.08 Å². The normalized spacial score (nSPS) is 17.7. The summed E-state index contributed by atoms with van der Waals surface area (Å²) in [5.74, 6) is 1.75. The van der Waals surface area contributed by atoms with Gasteiger partial charge in [0.15, 0.2) is 5.75 Å². The van der Waals surface area contributed by atoms with Crippen LogP contribution in [0.25, 0.3) is 5.76 Å². The molecule has 0 N–H and O–H groups in total. The number of benzene rings is 3. The number of hydrogen-bond donors (Lipinski definition) is 0. The molecule has 0 saturated carbocycles. The van der Waals surface area contributed by atoms with E-state index in [0.717, 1.165) is 11.1 Å². The Kier molecular flexibility index (Phi) is 3.28. The second-order valence-corrected chi connectivity index (χ2v) is 6.16. The van der Waals surface area contributed by atoms with E-state index in [9.17, 15) is 4.79 Å². The van der Waals surface area contributed by atoms with Crippen molar-refractivity contribution in [2.24, 2.45) is 0 Å². The van der Waals surface area contributed by atoms with E-state index >= 15 is 0 Å². The summed E-state index contributed by atoms with van der Waals surface area (Å²) in [6.45, 7) is 0. The van der Waals surface area contributed by atoms with Crippen molar-refractivity contribution in [3.05, 3.63) is 96.1 Å². The fraction of sp³-hybridized carbons (Fsp3) is 0.0455. The summed E-state index contributed by atoms with van der Waals surface area (Å²) < 4.78 is 12.4. The standard InChI is InChI=1S/C22H15NO3/c24-21-14-20(15-8-2-1-3-9-15)26-22-16-10-4-6-12-18(16)25-19-13-7-5-11-17(19)23(21)22/h1-14,22H. The molecule has 0 aromatic heterocycles. The van der Waals surface area contributed by atoms with Gasteiger partial charge in [0, 0.05) is 11.6 Å². The Morgan fingerprint density at radius 3 is 2.31 bits per heavy atom. The summed E-state index contributed by atoms with van der Waals surface area (Å²) >= 11 is 0. The Labute approximate surface area is 150 Å². The maximum Gasteiger partial charge on any atom is 0.258 e. The number of carbonyl (C=O) groups excluding carboxylic acids is 1. The van der Waals surface area contributed by atoms with Crippen LogP contribution in [0.1, 0.15) is 17.4 Å². The van der Waals surface area contributed by atoms with Crippen LogP contribution in [-0.2, 0) is 9.53 Å². The van der Waals surface area contributed by atoms with Gasteiger partial charge in [-0.1, -0.05) is 54.6 Å². The van der Waals surface area contributed by atoms with Crippen LogP contribution in [0.15, 0.2) is 84.9 Å². The lowest BCUT2D eigenvalue weighted by atomic mass is 10.1. The Morgan fingerprint density at radius 1 is 0.769 bits per heavy atom. The van der Waals surface area contributed by atoms with Crippen molar-refractivity contribution >= 4 is 17.4 Å². The SMILES string of the molecule is O=C1C=C(c2ccccc2)OC2c3ccccc3Oc3ccccc3N12. The predicted octanol–water partition coefficient (Wildman–Crippen LogP) is 4.90. The fourth-order valence-corrected chi connectivity index (χ4v) is 3.34. The van der Waals surface area contributed by atoms with Crippen LogP contribution in [0.5, 0.6) is 11.5 Å². The molecule has 26 heavy (non-hydrogen) atoms. The highest BCUT2D eigenvalue weighted by atomic mass is 16.5. The minimum absolute atomic E-state index is 0.132. The van der Waals surface area contributed by atoms with Crippen LogP contribution in [0.4, 0.5) is 5.69 Å². The molecule has 1 unspecified atom stereocenters. The molecule has 0 bridgehead atoms.